The van der Waals surface area contributed by atoms with Crippen LogP contribution in [0.2, 0.25) is 0 Å². The highest BCUT2D eigenvalue weighted by atomic mass is 32.1. The Morgan fingerprint density at radius 2 is 2.00 bits per heavy atom. The summed E-state index contributed by atoms with van der Waals surface area (Å²) in [6, 6.07) is 15.6. The molecule has 1 fully saturated rings. The number of thiazole rings is 1. The van der Waals surface area contributed by atoms with Crippen molar-refractivity contribution in [3.63, 3.8) is 0 Å². The summed E-state index contributed by atoms with van der Waals surface area (Å²) in [5.41, 5.74) is 2.37. The van der Waals surface area contributed by atoms with E-state index in [2.05, 4.69) is 18.8 Å². The first-order valence-electron chi connectivity index (χ1n) is 13.6. The summed E-state index contributed by atoms with van der Waals surface area (Å²) >= 11 is 1.11. The average molecular weight is 573 g/mol. The molecule has 0 aliphatic carbocycles. The van der Waals surface area contributed by atoms with Crippen molar-refractivity contribution >= 4 is 44.1 Å². The van der Waals surface area contributed by atoms with Gasteiger partial charge < -0.3 is 14.6 Å². The van der Waals surface area contributed by atoms with E-state index in [9.17, 15) is 19.1 Å². The number of aliphatic hydroxyl groups is 1. The van der Waals surface area contributed by atoms with Crippen LogP contribution in [0.15, 0.2) is 66.2 Å². The SMILES string of the molecule is CC(C)CCOc1cccc([C@H]2C(=C(O)c3ccc4c(c3)C[C@H](C)O4)C(=O)C(=O)N2c2nc3ccc(F)cc3s2)c1. The molecule has 0 unspecified atom stereocenters. The summed E-state index contributed by atoms with van der Waals surface area (Å²) in [5, 5.41) is 11.8. The maximum absolute atomic E-state index is 14.0. The zero-order chi connectivity index (χ0) is 28.8. The number of aliphatic hydroxyl groups excluding tert-OH is 1. The summed E-state index contributed by atoms with van der Waals surface area (Å²) in [6.07, 6.45) is 1.55. The predicted molar refractivity (Wildman–Crippen MR) is 156 cm³/mol. The number of halogens is 1. The molecule has 1 N–H and O–H groups in total. The van der Waals surface area contributed by atoms with Gasteiger partial charge in [-0.15, -0.1) is 0 Å². The van der Waals surface area contributed by atoms with Crippen LogP contribution in [0.1, 0.15) is 49.9 Å². The molecule has 4 aromatic rings. The van der Waals surface area contributed by atoms with Crippen LogP contribution < -0.4 is 14.4 Å². The van der Waals surface area contributed by atoms with Gasteiger partial charge in [0.1, 0.15) is 29.2 Å². The lowest BCUT2D eigenvalue weighted by molar-refractivity contribution is -0.132. The Labute approximate surface area is 240 Å². The number of Topliss-reactive ketones (excluding diaryl/α,β-unsaturated/α-hetero) is 1. The highest BCUT2D eigenvalue weighted by Gasteiger charge is 2.48. The highest BCUT2D eigenvalue weighted by molar-refractivity contribution is 7.22. The lowest BCUT2D eigenvalue weighted by Crippen LogP contribution is -2.29. The number of ether oxygens (including phenoxy) is 2. The van der Waals surface area contributed by atoms with Crippen molar-refractivity contribution in [3.8, 4) is 11.5 Å². The van der Waals surface area contributed by atoms with Crippen LogP contribution >= 0.6 is 11.3 Å². The Hall–Kier alpha value is -4.24. The molecular weight excluding hydrogens is 543 g/mol. The van der Waals surface area contributed by atoms with E-state index in [1.165, 1.54) is 23.1 Å². The minimum Gasteiger partial charge on any atom is -0.507 e. The molecule has 2 aliphatic heterocycles. The summed E-state index contributed by atoms with van der Waals surface area (Å²) in [6.45, 7) is 6.71. The van der Waals surface area contributed by atoms with Gasteiger partial charge >= 0.3 is 5.91 Å². The van der Waals surface area contributed by atoms with E-state index >= 15 is 0 Å². The first-order valence-corrected chi connectivity index (χ1v) is 14.4. The quantitative estimate of drug-likeness (QED) is 0.149. The van der Waals surface area contributed by atoms with E-state index in [1.54, 1.807) is 36.4 Å². The standard InChI is InChI=1S/C32H29FN2O5S/c1-17(2)11-12-39-23-6-4-5-19(15-23)28-27(29(36)20-7-10-25-21(14-20)13-18(3)40-25)30(37)31(38)35(28)32-34-24-9-8-22(33)16-26(24)41-32/h4-10,14-18,28,36H,11-13H2,1-3H3/t18-,28-/m0/s1. The van der Waals surface area contributed by atoms with Crippen LogP contribution in [-0.2, 0) is 16.0 Å². The third-order valence-electron chi connectivity index (χ3n) is 7.30. The van der Waals surface area contributed by atoms with Gasteiger partial charge in [-0.25, -0.2) is 9.37 Å². The number of ketones is 1. The van der Waals surface area contributed by atoms with Gasteiger partial charge in [-0.3, -0.25) is 14.5 Å². The van der Waals surface area contributed by atoms with Gasteiger partial charge in [0, 0.05) is 12.0 Å². The van der Waals surface area contributed by atoms with Crippen LogP contribution in [0.4, 0.5) is 9.52 Å². The summed E-state index contributed by atoms with van der Waals surface area (Å²) in [7, 11) is 0. The molecule has 1 amide bonds. The topological polar surface area (TPSA) is 89.0 Å². The Bertz CT molecular complexity index is 1710. The number of benzene rings is 3. The average Bonchev–Trinajstić information content (AvgIpc) is 3.60. The van der Waals surface area contributed by atoms with Crippen molar-refractivity contribution < 1.29 is 28.6 Å². The fraction of sp³-hybridized carbons (Fsp3) is 0.281. The van der Waals surface area contributed by atoms with Crippen LogP contribution in [0.5, 0.6) is 11.5 Å². The van der Waals surface area contributed by atoms with E-state index in [-0.39, 0.29) is 22.6 Å². The summed E-state index contributed by atoms with van der Waals surface area (Å²) < 4.78 is 26.3. The zero-order valence-corrected chi connectivity index (χ0v) is 23.7. The van der Waals surface area contributed by atoms with Crippen LogP contribution in [0, 0.1) is 11.7 Å². The van der Waals surface area contributed by atoms with Gasteiger partial charge in [0.25, 0.3) is 5.78 Å². The van der Waals surface area contributed by atoms with Crippen molar-refractivity contribution in [1.82, 2.24) is 4.98 Å². The monoisotopic (exact) mass is 572 g/mol. The van der Waals surface area contributed by atoms with Gasteiger partial charge in [-0.2, -0.15) is 0 Å². The molecule has 0 radical (unpaired) electrons. The molecule has 3 aromatic carbocycles. The third-order valence-corrected chi connectivity index (χ3v) is 8.31. The smallest absolute Gasteiger partial charge is 0.301 e. The largest absolute Gasteiger partial charge is 0.507 e. The number of hydrogen-bond acceptors (Lipinski definition) is 7. The predicted octanol–water partition coefficient (Wildman–Crippen LogP) is 6.81. The molecule has 9 heteroatoms. The number of carbonyl (C=O) groups is 2. The van der Waals surface area contributed by atoms with Crippen molar-refractivity contribution in [1.29, 1.82) is 0 Å². The Morgan fingerprint density at radius 1 is 1.17 bits per heavy atom. The fourth-order valence-corrected chi connectivity index (χ4v) is 6.26. The number of anilines is 1. The normalized spacial score (nSPS) is 19.7. The minimum atomic E-state index is -0.975. The first kappa shape index (κ1) is 27.0. The number of carbonyl (C=O) groups excluding carboxylic acids is 2. The lowest BCUT2D eigenvalue weighted by atomic mass is 9.94. The van der Waals surface area contributed by atoms with Crippen LogP contribution in [0.3, 0.4) is 0 Å². The molecule has 0 spiro atoms. The minimum absolute atomic E-state index is 0.00952. The molecule has 2 atom stereocenters. The zero-order valence-electron chi connectivity index (χ0n) is 22.9. The summed E-state index contributed by atoms with van der Waals surface area (Å²) in [4.78, 5) is 33.1. The van der Waals surface area contributed by atoms with E-state index < -0.39 is 23.5 Å². The van der Waals surface area contributed by atoms with Crippen molar-refractivity contribution in [3.05, 3.63) is 88.7 Å². The molecule has 1 aromatic heterocycles. The number of aromatic nitrogens is 1. The number of nitrogens with zero attached hydrogens (tertiary/aromatic N) is 2. The molecule has 7 nitrogen and oxygen atoms in total. The van der Waals surface area contributed by atoms with Crippen LogP contribution in [0.25, 0.3) is 16.0 Å². The van der Waals surface area contributed by atoms with Crippen molar-refractivity contribution in [2.24, 2.45) is 5.92 Å². The van der Waals surface area contributed by atoms with Gasteiger partial charge in [-0.1, -0.05) is 37.3 Å². The Balaban J connectivity index is 1.48. The van der Waals surface area contributed by atoms with E-state index in [0.717, 1.165) is 29.1 Å². The molecular formula is C32H29FN2O5S. The van der Waals surface area contributed by atoms with E-state index in [4.69, 9.17) is 9.47 Å². The summed E-state index contributed by atoms with van der Waals surface area (Å²) in [5.74, 6) is -0.559. The molecule has 41 heavy (non-hydrogen) atoms. The van der Waals surface area contributed by atoms with Gasteiger partial charge in [0.15, 0.2) is 5.13 Å². The maximum Gasteiger partial charge on any atom is 0.301 e. The molecule has 210 valence electrons. The highest BCUT2D eigenvalue weighted by Crippen LogP contribution is 2.45. The van der Waals surface area contributed by atoms with E-state index in [1.807, 2.05) is 13.0 Å². The van der Waals surface area contributed by atoms with E-state index in [0.29, 0.717) is 46.0 Å². The van der Waals surface area contributed by atoms with Gasteiger partial charge in [-0.05, 0) is 78.9 Å². The Morgan fingerprint density at radius 3 is 2.80 bits per heavy atom. The second-order valence-corrected chi connectivity index (χ2v) is 11.8. The molecule has 0 bridgehead atoms. The third kappa shape index (κ3) is 5.06. The van der Waals surface area contributed by atoms with Crippen molar-refractivity contribution in [2.75, 3.05) is 11.5 Å². The molecule has 1 saturated heterocycles. The Kier molecular flexibility index (Phi) is 6.99. The number of fused-ring (bicyclic) bond motifs is 2. The van der Waals surface area contributed by atoms with Crippen molar-refractivity contribution in [2.45, 2.75) is 45.8 Å². The lowest BCUT2D eigenvalue weighted by Gasteiger charge is -2.23. The molecule has 0 saturated carbocycles. The number of amides is 1. The second kappa shape index (κ2) is 10.6. The molecule has 3 heterocycles. The number of hydrogen-bond donors (Lipinski definition) is 1. The second-order valence-electron chi connectivity index (χ2n) is 10.8. The molecule has 2 aliphatic rings. The van der Waals surface area contributed by atoms with Gasteiger partial charge in [0.2, 0.25) is 0 Å². The first-order chi connectivity index (χ1) is 19.7. The number of rotatable bonds is 7. The van der Waals surface area contributed by atoms with Crippen LogP contribution in [-0.4, -0.2) is 34.5 Å². The van der Waals surface area contributed by atoms with Gasteiger partial charge in [0.05, 0.1) is 28.4 Å². The molecule has 6 rings (SSSR count). The maximum atomic E-state index is 14.0. The fourth-order valence-electron chi connectivity index (χ4n) is 5.25.